The van der Waals surface area contributed by atoms with Gasteiger partial charge in [-0.15, -0.1) is 0 Å². The minimum absolute atomic E-state index is 0.0477. The molecular weight excluding hydrogens is 342 g/mol. The fraction of sp³-hybridized carbons (Fsp3) is 0.190. The molecule has 0 aliphatic heterocycles. The zero-order valence-corrected chi connectivity index (χ0v) is 14.6. The quantitative estimate of drug-likeness (QED) is 0.732. The minimum Gasteiger partial charge on any atom is -0.449 e. The Morgan fingerprint density at radius 2 is 1.74 bits per heavy atom. The van der Waals surface area contributed by atoms with Crippen LogP contribution in [0.4, 0.5) is 4.79 Å². The number of aromatic amines is 1. The van der Waals surface area contributed by atoms with Crippen molar-refractivity contribution in [3.05, 3.63) is 88.1 Å². The molecule has 3 aromatic rings. The number of hydrogen-bond acceptors (Lipinski definition) is 4. The second-order valence-electron chi connectivity index (χ2n) is 6.43. The van der Waals surface area contributed by atoms with E-state index < -0.39 is 6.09 Å². The summed E-state index contributed by atoms with van der Waals surface area (Å²) in [4.78, 5) is 29.2. The maximum Gasteiger partial charge on any atom is 0.407 e. The molecule has 0 bridgehead atoms. The van der Waals surface area contributed by atoms with Crippen LogP contribution in [0, 0.1) is 0 Å². The summed E-state index contributed by atoms with van der Waals surface area (Å²) >= 11 is 0. The number of carbonyl (C=O) groups excluding carboxylic acids is 1. The number of H-pyrrole nitrogens is 1. The molecule has 27 heavy (non-hydrogen) atoms. The van der Waals surface area contributed by atoms with Crippen molar-refractivity contribution in [1.82, 2.24) is 15.3 Å². The van der Waals surface area contributed by atoms with Crippen molar-refractivity contribution in [3.8, 4) is 11.1 Å². The second-order valence-corrected chi connectivity index (χ2v) is 6.43. The van der Waals surface area contributed by atoms with E-state index in [-0.39, 0.29) is 11.6 Å². The lowest BCUT2D eigenvalue weighted by atomic mass is 9.98. The first-order valence-corrected chi connectivity index (χ1v) is 8.85. The Morgan fingerprint density at radius 1 is 1.07 bits per heavy atom. The molecule has 1 aromatic heterocycles. The highest BCUT2D eigenvalue weighted by Crippen LogP contribution is 2.44. The average molecular weight is 361 g/mol. The maximum absolute atomic E-state index is 12.1. The lowest BCUT2D eigenvalue weighted by molar-refractivity contribution is 0.143. The zero-order valence-electron chi connectivity index (χ0n) is 14.6. The van der Waals surface area contributed by atoms with E-state index in [0.717, 1.165) is 5.56 Å². The van der Waals surface area contributed by atoms with E-state index in [1.165, 1.54) is 28.5 Å². The molecule has 0 radical (unpaired) electrons. The molecule has 0 atom stereocenters. The zero-order chi connectivity index (χ0) is 18.6. The van der Waals surface area contributed by atoms with Gasteiger partial charge in [-0.3, -0.25) is 0 Å². The molecule has 0 fully saturated rings. The van der Waals surface area contributed by atoms with Crippen molar-refractivity contribution in [2.75, 3.05) is 13.2 Å². The number of alkyl carbamates (subject to hydrolysis) is 1. The summed E-state index contributed by atoms with van der Waals surface area (Å²) in [6, 6.07) is 16.5. The van der Waals surface area contributed by atoms with Crippen molar-refractivity contribution in [3.63, 3.8) is 0 Å². The van der Waals surface area contributed by atoms with E-state index in [2.05, 4.69) is 39.6 Å². The summed E-state index contributed by atoms with van der Waals surface area (Å²) in [5, 5.41) is 2.74. The van der Waals surface area contributed by atoms with Crippen LogP contribution in [0.2, 0.25) is 0 Å². The van der Waals surface area contributed by atoms with Crippen LogP contribution < -0.4 is 11.0 Å². The third-order valence-electron chi connectivity index (χ3n) is 4.76. The van der Waals surface area contributed by atoms with Crippen molar-refractivity contribution < 1.29 is 9.53 Å². The molecule has 4 rings (SSSR count). The topological polar surface area (TPSA) is 84.1 Å². The van der Waals surface area contributed by atoms with Gasteiger partial charge in [0, 0.05) is 24.9 Å². The number of hydrogen-bond donors (Lipinski definition) is 2. The van der Waals surface area contributed by atoms with Crippen LogP contribution in [0.3, 0.4) is 0 Å². The van der Waals surface area contributed by atoms with E-state index in [9.17, 15) is 9.59 Å². The highest BCUT2D eigenvalue weighted by molar-refractivity contribution is 5.79. The Kier molecular flexibility index (Phi) is 4.70. The fourth-order valence-electron chi connectivity index (χ4n) is 3.47. The average Bonchev–Trinajstić information content (AvgIpc) is 3.02. The molecule has 6 nitrogen and oxygen atoms in total. The van der Waals surface area contributed by atoms with Crippen molar-refractivity contribution in [2.45, 2.75) is 12.3 Å². The first-order valence-electron chi connectivity index (χ1n) is 8.85. The number of nitrogens with zero attached hydrogens (tertiary/aromatic N) is 1. The number of nitrogens with one attached hydrogen (secondary N) is 2. The largest absolute Gasteiger partial charge is 0.449 e. The first-order chi connectivity index (χ1) is 13.2. The van der Waals surface area contributed by atoms with Crippen LogP contribution in [-0.4, -0.2) is 29.2 Å². The van der Waals surface area contributed by atoms with Gasteiger partial charge in [-0.2, -0.15) is 0 Å². The van der Waals surface area contributed by atoms with Crippen molar-refractivity contribution in [1.29, 1.82) is 0 Å². The molecule has 0 unspecified atom stereocenters. The highest BCUT2D eigenvalue weighted by atomic mass is 16.5. The van der Waals surface area contributed by atoms with Gasteiger partial charge in [0.25, 0.3) is 0 Å². The maximum atomic E-state index is 12.1. The number of aromatic nitrogens is 2. The Morgan fingerprint density at radius 3 is 2.37 bits per heavy atom. The van der Waals surface area contributed by atoms with Gasteiger partial charge < -0.3 is 15.0 Å². The van der Waals surface area contributed by atoms with E-state index in [1.54, 1.807) is 6.20 Å². The molecule has 1 aliphatic rings. The Hall–Kier alpha value is -3.41. The van der Waals surface area contributed by atoms with Gasteiger partial charge >= 0.3 is 11.8 Å². The van der Waals surface area contributed by atoms with Crippen molar-refractivity contribution in [2.24, 2.45) is 0 Å². The van der Waals surface area contributed by atoms with Gasteiger partial charge in [-0.1, -0.05) is 48.5 Å². The predicted molar refractivity (Wildman–Crippen MR) is 102 cm³/mol. The van der Waals surface area contributed by atoms with Crippen LogP contribution in [-0.2, 0) is 11.2 Å². The number of ether oxygens (including phenoxy) is 1. The second kappa shape index (κ2) is 7.45. The number of carbonyl (C=O) groups is 1. The van der Waals surface area contributed by atoms with Crippen LogP contribution in [0.15, 0.2) is 65.7 Å². The highest BCUT2D eigenvalue weighted by Gasteiger charge is 2.28. The van der Waals surface area contributed by atoms with Gasteiger partial charge in [-0.05, 0) is 34.2 Å². The summed E-state index contributed by atoms with van der Waals surface area (Å²) in [6.07, 6.45) is 3.20. The summed E-state index contributed by atoms with van der Waals surface area (Å²) in [5.74, 6) is 0.0477. The normalized spacial score (nSPS) is 12.3. The van der Waals surface area contributed by atoms with Crippen LogP contribution >= 0.6 is 0 Å². The lowest BCUT2D eigenvalue weighted by Gasteiger charge is -2.14. The number of benzene rings is 2. The number of amides is 1. The smallest absolute Gasteiger partial charge is 0.407 e. The summed E-state index contributed by atoms with van der Waals surface area (Å²) in [6.45, 7) is 0.699. The molecule has 2 aromatic carbocycles. The monoisotopic (exact) mass is 361 g/mol. The van der Waals surface area contributed by atoms with E-state index in [4.69, 9.17) is 4.74 Å². The molecule has 2 N–H and O–H groups in total. The molecule has 0 spiro atoms. The molecule has 1 aliphatic carbocycles. The number of fused-ring (bicyclic) bond motifs is 3. The third kappa shape index (κ3) is 3.60. The van der Waals surface area contributed by atoms with Gasteiger partial charge in [0.05, 0.1) is 0 Å². The van der Waals surface area contributed by atoms with Gasteiger partial charge in [0.1, 0.15) is 6.61 Å². The van der Waals surface area contributed by atoms with Crippen LogP contribution in [0.5, 0.6) is 0 Å². The van der Waals surface area contributed by atoms with Gasteiger partial charge in [-0.25, -0.2) is 14.6 Å². The first kappa shape index (κ1) is 17.0. The van der Waals surface area contributed by atoms with Crippen LogP contribution in [0.1, 0.15) is 22.6 Å². The van der Waals surface area contributed by atoms with Crippen molar-refractivity contribution >= 4 is 6.09 Å². The Balaban J connectivity index is 1.35. The van der Waals surface area contributed by atoms with E-state index in [0.29, 0.717) is 19.6 Å². The summed E-state index contributed by atoms with van der Waals surface area (Å²) in [7, 11) is 0. The molecule has 0 saturated carbocycles. The fourth-order valence-corrected chi connectivity index (χ4v) is 3.47. The third-order valence-corrected chi connectivity index (χ3v) is 4.76. The molecule has 0 saturated heterocycles. The van der Waals surface area contributed by atoms with Crippen LogP contribution in [0.25, 0.3) is 11.1 Å². The molecule has 6 heteroatoms. The van der Waals surface area contributed by atoms with E-state index >= 15 is 0 Å². The van der Waals surface area contributed by atoms with Gasteiger partial charge in [0.15, 0.2) is 0 Å². The molecule has 1 amide bonds. The summed E-state index contributed by atoms with van der Waals surface area (Å²) < 4.78 is 5.47. The molecular formula is C21H19N3O3. The summed E-state index contributed by atoms with van der Waals surface area (Å²) in [5.41, 5.74) is 5.23. The van der Waals surface area contributed by atoms with Gasteiger partial charge in [0.2, 0.25) is 0 Å². The lowest BCUT2D eigenvalue weighted by Crippen LogP contribution is -2.28. The molecule has 136 valence electrons. The molecule has 1 heterocycles. The minimum atomic E-state index is -0.450. The number of rotatable bonds is 5. The Labute approximate surface area is 156 Å². The standard InChI is InChI=1S/C21H19N3O3/c25-20-23-11-14(12-24-20)9-10-22-21(26)27-13-19-17-7-3-1-5-15(17)16-6-2-4-8-18(16)19/h1-8,11-12,19H,9-10,13H2,(H,22,26)(H,23,24,25). The SMILES string of the molecule is O=C(NCCc1cnc(=O)[nH]c1)OCC1c2ccccc2-c2ccccc21. The Bertz CT molecular complexity index is 963. The van der Waals surface area contributed by atoms with E-state index in [1.807, 2.05) is 24.3 Å². The predicted octanol–water partition coefficient (Wildman–Crippen LogP) is 2.85.